The van der Waals surface area contributed by atoms with Gasteiger partial charge in [-0.25, -0.2) is 0 Å². The molecule has 8 heteroatoms. The van der Waals surface area contributed by atoms with E-state index in [9.17, 15) is 23.1 Å². The summed E-state index contributed by atoms with van der Waals surface area (Å²) in [7, 11) is 0. The molecule has 0 atom stereocenters. The molecule has 28 heavy (non-hydrogen) atoms. The maximum absolute atomic E-state index is 13.8. The normalized spacial score (nSPS) is 11.3. The van der Waals surface area contributed by atoms with Gasteiger partial charge in [-0.15, -0.1) is 0 Å². The number of carbonyl (C=O) groups is 1. The van der Waals surface area contributed by atoms with Crippen molar-refractivity contribution in [2.75, 3.05) is 11.1 Å². The average molecular weight is 387 g/mol. The number of amides is 1. The number of nitrogen functional groups attached to an aromatic ring is 1. The lowest BCUT2D eigenvalue weighted by molar-refractivity contribution is -0.137. The van der Waals surface area contributed by atoms with Gasteiger partial charge in [0.25, 0.3) is 5.91 Å². The van der Waals surface area contributed by atoms with E-state index in [1.54, 1.807) is 0 Å². The number of benzene rings is 2. The van der Waals surface area contributed by atoms with Crippen molar-refractivity contribution in [3.05, 3.63) is 71.5 Å². The van der Waals surface area contributed by atoms with Crippen LogP contribution in [-0.2, 0) is 6.18 Å². The van der Waals surface area contributed by atoms with Crippen LogP contribution in [0.2, 0.25) is 0 Å². The summed E-state index contributed by atoms with van der Waals surface area (Å²) < 4.78 is 41.5. The Morgan fingerprint density at radius 1 is 1.18 bits per heavy atom. The number of nitrogens with zero attached hydrogens (tertiary/aromatic N) is 1. The molecule has 3 aromatic rings. The molecule has 0 fully saturated rings. The van der Waals surface area contributed by atoms with Crippen LogP contribution in [0.25, 0.3) is 11.1 Å². The summed E-state index contributed by atoms with van der Waals surface area (Å²) in [4.78, 5) is 16.3. The molecule has 0 spiro atoms. The van der Waals surface area contributed by atoms with Gasteiger partial charge >= 0.3 is 6.18 Å². The first-order chi connectivity index (χ1) is 13.2. The first-order valence-corrected chi connectivity index (χ1v) is 8.19. The summed E-state index contributed by atoms with van der Waals surface area (Å²) >= 11 is 0. The van der Waals surface area contributed by atoms with Gasteiger partial charge < -0.3 is 16.2 Å². The number of nitrogens with two attached hydrogens (primary N) is 1. The molecule has 0 bridgehead atoms. The zero-order valence-corrected chi connectivity index (χ0v) is 14.7. The van der Waals surface area contributed by atoms with Crippen LogP contribution >= 0.6 is 0 Å². The van der Waals surface area contributed by atoms with E-state index in [1.807, 2.05) is 0 Å². The highest BCUT2D eigenvalue weighted by atomic mass is 19.4. The van der Waals surface area contributed by atoms with Gasteiger partial charge in [0.2, 0.25) is 0 Å². The van der Waals surface area contributed by atoms with Crippen molar-refractivity contribution in [3.63, 3.8) is 0 Å². The van der Waals surface area contributed by atoms with E-state index in [2.05, 4.69) is 10.3 Å². The number of nitrogens with one attached hydrogen (secondary N) is 1. The van der Waals surface area contributed by atoms with E-state index in [4.69, 9.17) is 5.73 Å². The predicted molar refractivity (Wildman–Crippen MR) is 99.9 cm³/mol. The third-order valence-corrected chi connectivity index (χ3v) is 4.21. The minimum absolute atomic E-state index is 0.166. The molecule has 0 saturated heterocycles. The Morgan fingerprint density at radius 3 is 2.43 bits per heavy atom. The fourth-order valence-corrected chi connectivity index (χ4v) is 2.86. The first-order valence-electron chi connectivity index (χ1n) is 8.19. The van der Waals surface area contributed by atoms with Crippen LogP contribution in [0.3, 0.4) is 0 Å². The molecule has 0 saturated carbocycles. The quantitative estimate of drug-likeness (QED) is 0.573. The number of rotatable bonds is 3. The van der Waals surface area contributed by atoms with E-state index < -0.39 is 23.4 Å². The molecular formula is C20H16F3N3O2. The number of hydrogen-bond acceptors (Lipinski definition) is 4. The monoisotopic (exact) mass is 387 g/mol. The lowest BCUT2D eigenvalue weighted by atomic mass is 9.92. The maximum Gasteiger partial charge on any atom is 0.417 e. The molecule has 5 nitrogen and oxygen atoms in total. The highest BCUT2D eigenvalue weighted by Crippen LogP contribution is 2.46. The second kappa shape index (κ2) is 7.22. The topological polar surface area (TPSA) is 88.2 Å². The van der Waals surface area contributed by atoms with E-state index >= 15 is 0 Å². The van der Waals surface area contributed by atoms with Crippen LogP contribution in [0.5, 0.6) is 5.75 Å². The molecule has 1 aromatic heterocycles. The number of hydrogen-bond donors (Lipinski definition) is 3. The number of anilines is 2. The number of aromatic nitrogens is 1. The van der Waals surface area contributed by atoms with Gasteiger partial charge in [0, 0.05) is 35.3 Å². The summed E-state index contributed by atoms with van der Waals surface area (Å²) in [6.45, 7) is 1.17. The van der Waals surface area contributed by atoms with E-state index in [1.165, 1.54) is 55.7 Å². The van der Waals surface area contributed by atoms with Crippen molar-refractivity contribution in [2.24, 2.45) is 0 Å². The Morgan fingerprint density at radius 2 is 1.86 bits per heavy atom. The SMILES string of the molecule is Cc1c(O)cc(NC(=O)c2cccnc2)c(-c2ccc(N)cc2)c1C(F)(F)F. The van der Waals surface area contributed by atoms with Crippen molar-refractivity contribution in [1.29, 1.82) is 0 Å². The first kappa shape index (κ1) is 19.2. The maximum atomic E-state index is 13.8. The van der Waals surface area contributed by atoms with E-state index in [0.717, 1.165) is 6.07 Å². The molecule has 0 aliphatic rings. The number of pyridine rings is 1. The molecule has 1 amide bonds. The van der Waals surface area contributed by atoms with Crippen LogP contribution in [0.4, 0.5) is 24.5 Å². The van der Waals surface area contributed by atoms with Crippen molar-refractivity contribution in [3.8, 4) is 16.9 Å². The summed E-state index contributed by atoms with van der Waals surface area (Å²) in [5.41, 5.74) is 4.60. The Kier molecular flexibility index (Phi) is 4.96. The number of halogens is 3. The highest BCUT2D eigenvalue weighted by Gasteiger charge is 2.38. The van der Waals surface area contributed by atoms with Crippen LogP contribution in [-0.4, -0.2) is 16.0 Å². The Balaban J connectivity index is 2.22. The van der Waals surface area contributed by atoms with Crippen molar-refractivity contribution in [1.82, 2.24) is 4.98 Å². The number of alkyl halides is 3. The lowest BCUT2D eigenvalue weighted by Crippen LogP contribution is -2.16. The van der Waals surface area contributed by atoms with Crippen LogP contribution in [0.15, 0.2) is 54.9 Å². The van der Waals surface area contributed by atoms with Crippen molar-refractivity contribution >= 4 is 17.3 Å². The van der Waals surface area contributed by atoms with Gasteiger partial charge in [0.1, 0.15) is 5.75 Å². The van der Waals surface area contributed by atoms with Crippen molar-refractivity contribution in [2.45, 2.75) is 13.1 Å². The summed E-state index contributed by atoms with van der Waals surface area (Å²) in [6.07, 6.45) is -2.00. The fraction of sp³-hybridized carbons (Fsp3) is 0.100. The molecule has 4 N–H and O–H groups in total. The Hall–Kier alpha value is -3.55. The molecular weight excluding hydrogens is 371 g/mol. The lowest BCUT2D eigenvalue weighted by Gasteiger charge is -2.21. The number of carbonyl (C=O) groups excluding carboxylic acids is 1. The van der Waals surface area contributed by atoms with Crippen LogP contribution < -0.4 is 11.1 Å². The Labute approximate surface area is 158 Å². The number of phenols is 1. The van der Waals surface area contributed by atoms with Gasteiger partial charge in [-0.3, -0.25) is 9.78 Å². The third-order valence-electron chi connectivity index (χ3n) is 4.21. The zero-order valence-electron chi connectivity index (χ0n) is 14.7. The fourth-order valence-electron chi connectivity index (χ4n) is 2.86. The largest absolute Gasteiger partial charge is 0.508 e. The smallest absolute Gasteiger partial charge is 0.417 e. The summed E-state index contributed by atoms with van der Waals surface area (Å²) in [5.74, 6) is -1.23. The van der Waals surface area contributed by atoms with Gasteiger partial charge in [-0.2, -0.15) is 13.2 Å². The summed E-state index contributed by atoms with van der Waals surface area (Å²) in [6, 6.07) is 9.89. The van der Waals surface area contributed by atoms with Crippen molar-refractivity contribution < 1.29 is 23.1 Å². The van der Waals surface area contributed by atoms with Gasteiger partial charge in [-0.05, 0) is 36.8 Å². The van der Waals surface area contributed by atoms with Crippen LogP contribution in [0, 0.1) is 6.92 Å². The minimum atomic E-state index is -4.76. The predicted octanol–water partition coefficient (Wildman–Crippen LogP) is 4.62. The van der Waals surface area contributed by atoms with Crippen LogP contribution in [0.1, 0.15) is 21.5 Å². The summed E-state index contributed by atoms with van der Waals surface area (Å²) in [5, 5.41) is 12.5. The molecule has 0 radical (unpaired) electrons. The average Bonchev–Trinajstić information content (AvgIpc) is 2.65. The molecule has 144 valence electrons. The standard InChI is InChI=1S/C20H16F3N3O2/c1-11-16(27)9-15(26-19(28)13-3-2-8-25-10-13)17(18(11)20(21,22)23)12-4-6-14(24)7-5-12/h2-10,27H,24H2,1H3,(H,26,28). The second-order valence-corrected chi connectivity index (χ2v) is 6.13. The highest BCUT2D eigenvalue weighted by molar-refractivity contribution is 6.06. The molecule has 0 unspecified atom stereocenters. The van der Waals surface area contributed by atoms with Gasteiger partial charge in [-0.1, -0.05) is 12.1 Å². The molecule has 1 heterocycles. The third kappa shape index (κ3) is 3.75. The van der Waals surface area contributed by atoms with Gasteiger partial charge in [0.05, 0.1) is 16.8 Å². The molecule has 0 aliphatic heterocycles. The Bertz CT molecular complexity index is 1020. The molecule has 3 rings (SSSR count). The van der Waals surface area contributed by atoms with E-state index in [0.29, 0.717) is 5.69 Å². The van der Waals surface area contributed by atoms with Gasteiger partial charge in [0.15, 0.2) is 0 Å². The molecule has 0 aliphatic carbocycles. The number of aromatic hydroxyl groups is 1. The number of phenolic OH excluding ortho intramolecular Hbond substituents is 1. The van der Waals surface area contributed by atoms with E-state index in [-0.39, 0.29) is 27.9 Å². The molecule has 2 aromatic carbocycles. The second-order valence-electron chi connectivity index (χ2n) is 6.13. The zero-order chi connectivity index (χ0) is 20.5. The minimum Gasteiger partial charge on any atom is -0.508 e.